The predicted octanol–water partition coefficient (Wildman–Crippen LogP) is 3.64. The van der Waals surface area contributed by atoms with Crippen LogP contribution in [0.1, 0.15) is 5.56 Å². The molecule has 0 amide bonds. The molecule has 106 valence electrons. The van der Waals surface area contributed by atoms with Crippen molar-refractivity contribution in [3.8, 4) is 17.1 Å². The van der Waals surface area contributed by atoms with Gasteiger partial charge in [0.1, 0.15) is 0 Å². The van der Waals surface area contributed by atoms with Gasteiger partial charge in [0, 0.05) is 20.7 Å². The molecule has 0 aliphatic rings. The van der Waals surface area contributed by atoms with Gasteiger partial charge in [-0.1, -0.05) is 33.6 Å². The van der Waals surface area contributed by atoms with Gasteiger partial charge in [0.25, 0.3) is 0 Å². The lowest BCUT2D eigenvalue weighted by Crippen LogP contribution is -2.02. The molecule has 0 saturated heterocycles. The van der Waals surface area contributed by atoms with Crippen LogP contribution in [0.4, 0.5) is 5.69 Å². The van der Waals surface area contributed by atoms with E-state index in [1.807, 2.05) is 25.1 Å². The van der Waals surface area contributed by atoms with Gasteiger partial charge in [-0.25, -0.2) is 0 Å². The van der Waals surface area contributed by atoms with Gasteiger partial charge in [0.2, 0.25) is 0 Å². The number of hydrogen-bond donors (Lipinski definition) is 1. The van der Waals surface area contributed by atoms with Gasteiger partial charge in [-0.3, -0.25) is 0 Å². The number of nitrogens with zero attached hydrogens (tertiary/aromatic N) is 4. The zero-order valence-electron chi connectivity index (χ0n) is 11.1. The molecule has 0 fully saturated rings. The number of tetrazole rings is 1. The Morgan fingerprint density at radius 1 is 1.19 bits per heavy atom. The van der Waals surface area contributed by atoms with Gasteiger partial charge in [-0.15, -0.1) is 5.10 Å². The molecule has 0 aliphatic heterocycles. The van der Waals surface area contributed by atoms with E-state index >= 15 is 0 Å². The summed E-state index contributed by atoms with van der Waals surface area (Å²) in [4.78, 5) is 0. The molecular formula is C14H11BrClN5. The normalized spacial score (nSPS) is 10.8. The van der Waals surface area contributed by atoms with E-state index in [0.717, 1.165) is 15.7 Å². The second kappa shape index (κ2) is 5.46. The molecule has 3 aromatic rings. The van der Waals surface area contributed by atoms with E-state index in [0.29, 0.717) is 22.1 Å². The number of rotatable bonds is 2. The molecule has 1 heterocycles. The second-order valence-corrected chi connectivity index (χ2v) is 5.87. The first-order valence-electron chi connectivity index (χ1n) is 6.16. The zero-order valence-corrected chi connectivity index (χ0v) is 13.4. The lowest BCUT2D eigenvalue weighted by molar-refractivity contribution is 0.790. The van der Waals surface area contributed by atoms with Crippen molar-refractivity contribution >= 4 is 33.2 Å². The van der Waals surface area contributed by atoms with Crippen LogP contribution in [0, 0.1) is 6.92 Å². The first kappa shape index (κ1) is 14.0. The van der Waals surface area contributed by atoms with Crippen LogP contribution in [0.2, 0.25) is 5.02 Å². The lowest BCUT2D eigenvalue weighted by atomic mass is 10.1. The standard InChI is InChI=1S/C14H11BrClN5/c1-8-2-4-10(7-12(8)15)21-14(18-19-20-21)11-6-9(16)3-5-13(11)17/h2-7H,17H2,1H3. The van der Waals surface area contributed by atoms with Crippen molar-refractivity contribution in [1.82, 2.24) is 20.2 Å². The highest BCUT2D eigenvalue weighted by Gasteiger charge is 2.14. The number of halogens is 2. The molecule has 0 atom stereocenters. The first-order valence-corrected chi connectivity index (χ1v) is 7.33. The molecule has 5 nitrogen and oxygen atoms in total. The van der Waals surface area contributed by atoms with E-state index in [4.69, 9.17) is 17.3 Å². The predicted molar refractivity (Wildman–Crippen MR) is 86.4 cm³/mol. The van der Waals surface area contributed by atoms with Gasteiger partial charge in [-0.2, -0.15) is 4.68 Å². The van der Waals surface area contributed by atoms with Crippen molar-refractivity contribution in [2.24, 2.45) is 0 Å². The fourth-order valence-corrected chi connectivity index (χ4v) is 2.50. The van der Waals surface area contributed by atoms with Gasteiger partial charge in [-0.05, 0) is 53.2 Å². The van der Waals surface area contributed by atoms with Crippen molar-refractivity contribution in [2.45, 2.75) is 6.92 Å². The highest BCUT2D eigenvalue weighted by Crippen LogP contribution is 2.29. The maximum atomic E-state index is 6.04. The van der Waals surface area contributed by atoms with Crippen LogP contribution >= 0.6 is 27.5 Å². The fourth-order valence-electron chi connectivity index (χ4n) is 1.96. The third-order valence-corrected chi connectivity index (χ3v) is 4.22. The zero-order chi connectivity index (χ0) is 15.0. The number of aryl methyl sites for hydroxylation is 1. The number of nitrogen functional groups attached to an aromatic ring is 1. The van der Waals surface area contributed by atoms with Gasteiger partial charge >= 0.3 is 0 Å². The van der Waals surface area contributed by atoms with Gasteiger partial charge in [0.05, 0.1) is 5.69 Å². The van der Waals surface area contributed by atoms with E-state index in [9.17, 15) is 0 Å². The molecule has 7 heteroatoms. The molecule has 2 aromatic carbocycles. The summed E-state index contributed by atoms with van der Waals surface area (Å²) in [5, 5.41) is 12.4. The summed E-state index contributed by atoms with van der Waals surface area (Å²) in [5.41, 5.74) is 9.25. The smallest absolute Gasteiger partial charge is 0.189 e. The number of anilines is 1. The number of hydrogen-bond acceptors (Lipinski definition) is 4. The Morgan fingerprint density at radius 2 is 2.00 bits per heavy atom. The summed E-state index contributed by atoms with van der Waals surface area (Å²) in [6.07, 6.45) is 0. The van der Waals surface area contributed by atoms with E-state index in [2.05, 4.69) is 31.5 Å². The highest BCUT2D eigenvalue weighted by molar-refractivity contribution is 9.10. The topological polar surface area (TPSA) is 69.6 Å². The van der Waals surface area contributed by atoms with Crippen LogP contribution in [0.15, 0.2) is 40.9 Å². The first-order chi connectivity index (χ1) is 10.1. The molecule has 0 saturated carbocycles. The lowest BCUT2D eigenvalue weighted by Gasteiger charge is -2.08. The van der Waals surface area contributed by atoms with Crippen LogP contribution in [0.3, 0.4) is 0 Å². The van der Waals surface area contributed by atoms with Gasteiger partial charge < -0.3 is 5.73 Å². The van der Waals surface area contributed by atoms with Crippen LogP contribution in [-0.2, 0) is 0 Å². The summed E-state index contributed by atoms with van der Waals surface area (Å²) in [6, 6.07) is 11.1. The van der Waals surface area contributed by atoms with Crippen molar-refractivity contribution in [3.05, 3.63) is 51.5 Å². The summed E-state index contributed by atoms with van der Waals surface area (Å²) in [5.74, 6) is 0.547. The van der Waals surface area contributed by atoms with Crippen molar-refractivity contribution in [3.63, 3.8) is 0 Å². The Bertz CT molecular complexity index is 815. The summed E-state index contributed by atoms with van der Waals surface area (Å²) in [6.45, 7) is 2.02. The Labute approximate surface area is 134 Å². The maximum Gasteiger partial charge on any atom is 0.189 e. The number of aromatic nitrogens is 4. The molecular weight excluding hydrogens is 354 g/mol. The molecule has 1 aromatic heterocycles. The quantitative estimate of drug-likeness (QED) is 0.705. The molecule has 0 aliphatic carbocycles. The summed E-state index contributed by atoms with van der Waals surface area (Å²) >= 11 is 9.55. The van der Waals surface area contributed by atoms with Crippen molar-refractivity contribution < 1.29 is 0 Å². The average molecular weight is 365 g/mol. The van der Waals surface area contributed by atoms with Crippen LogP contribution < -0.4 is 5.73 Å². The summed E-state index contributed by atoms with van der Waals surface area (Å²) in [7, 11) is 0. The second-order valence-electron chi connectivity index (χ2n) is 4.58. The monoisotopic (exact) mass is 363 g/mol. The molecule has 3 rings (SSSR count). The van der Waals surface area contributed by atoms with Crippen molar-refractivity contribution in [1.29, 1.82) is 0 Å². The Hall–Kier alpha value is -1.92. The minimum absolute atomic E-state index is 0.547. The van der Waals surface area contributed by atoms with Gasteiger partial charge in [0.15, 0.2) is 5.82 Å². The Morgan fingerprint density at radius 3 is 2.76 bits per heavy atom. The van der Waals surface area contributed by atoms with Crippen LogP contribution in [-0.4, -0.2) is 20.2 Å². The molecule has 0 bridgehead atoms. The number of nitrogens with two attached hydrogens (primary N) is 1. The maximum absolute atomic E-state index is 6.04. The van der Waals surface area contributed by atoms with E-state index < -0.39 is 0 Å². The molecule has 2 N–H and O–H groups in total. The molecule has 0 spiro atoms. The summed E-state index contributed by atoms with van der Waals surface area (Å²) < 4.78 is 2.62. The molecule has 21 heavy (non-hydrogen) atoms. The van der Waals surface area contributed by atoms with E-state index in [-0.39, 0.29) is 0 Å². The van der Waals surface area contributed by atoms with Crippen molar-refractivity contribution in [2.75, 3.05) is 5.73 Å². The van der Waals surface area contributed by atoms with E-state index in [1.54, 1.807) is 22.9 Å². The minimum Gasteiger partial charge on any atom is -0.398 e. The van der Waals surface area contributed by atoms with Crippen LogP contribution in [0.5, 0.6) is 0 Å². The van der Waals surface area contributed by atoms with Crippen LogP contribution in [0.25, 0.3) is 17.1 Å². The largest absolute Gasteiger partial charge is 0.398 e. The highest BCUT2D eigenvalue weighted by atomic mass is 79.9. The SMILES string of the molecule is Cc1ccc(-n2nnnc2-c2cc(Cl)ccc2N)cc1Br. The molecule has 0 radical (unpaired) electrons. The Kier molecular flexibility index (Phi) is 3.65. The fraction of sp³-hybridized carbons (Fsp3) is 0.0714. The third-order valence-electron chi connectivity index (χ3n) is 3.13. The van der Waals surface area contributed by atoms with E-state index in [1.165, 1.54) is 0 Å². The molecule has 0 unspecified atom stereocenters. The third kappa shape index (κ3) is 2.64. The minimum atomic E-state index is 0.547. The Balaban J connectivity index is 2.17. The average Bonchev–Trinajstić information content (AvgIpc) is 2.93. The number of benzene rings is 2.